The van der Waals surface area contributed by atoms with E-state index < -0.39 is 0 Å². The second-order valence-electron chi connectivity index (χ2n) is 6.25. The molecule has 2 fully saturated rings. The molecule has 0 radical (unpaired) electrons. The van der Waals surface area contributed by atoms with Crippen molar-refractivity contribution >= 4 is 16.7 Å². The zero-order valence-electron chi connectivity index (χ0n) is 12.6. The van der Waals surface area contributed by atoms with Gasteiger partial charge in [-0.25, -0.2) is 4.98 Å². The lowest BCUT2D eigenvalue weighted by atomic mass is 9.87. The van der Waals surface area contributed by atoms with Crippen LogP contribution in [0.4, 0.5) is 0 Å². The molecule has 2 unspecified atom stereocenters. The van der Waals surface area contributed by atoms with E-state index in [-0.39, 0.29) is 11.7 Å². The van der Waals surface area contributed by atoms with Crippen molar-refractivity contribution < 1.29 is 14.3 Å². The molecule has 4 rings (SSSR count). The van der Waals surface area contributed by atoms with Crippen molar-refractivity contribution in [1.82, 2.24) is 4.98 Å². The maximum Gasteiger partial charge on any atom is 0.213 e. The first-order valence-corrected chi connectivity index (χ1v) is 7.87. The molecular formula is C18H19NO3. The third-order valence-electron chi connectivity index (χ3n) is 4.82. The first kappa shape index (κ1) is 13.7. The summed E-state index contributed by atoms with van der Waals surface area (Å²) in [5.41, 5.74) is 1.63. The Morgan fingerprint density at radius 1 is 1.18 bits per heavy atom. The summed E-state index contributed by atoms with van der Waals surface area (Å²) >= 11 is 0. The molecule has 2 saturated heterocycles. The van der Waals surface area contributed by atoms with Gasteiger partial charge in [0, 0.05) is 22.9 Å². The number of carbonyl (C=O) groups excluding carboxylic acids is 1. The predicted molar refractivity (Wildman–Crippen MR) is 83.2 cm³/mol. The van der Waals surface area contributed by atoms with Crippen LogP contribution in [0.2, 0.25) is 0 Å². The van der Waals surface area contributed by atoms with E-state index in [2.05, 4.69) is 4.98 Å². The van der Waals surface area contributed by atoms with Crippen LogP contribution in [0.5, 0.6) is 5.88 Å². The van der Waals surface area contributed by atoms with Gasteiger partial charge in [-0.3, -0.25) is 4.79 Å². The van der Waals surface area contributed by atoms with E-state index in [4.69, 9.17) is 9.47 Å². The molecule has 0 spiro atoms. The number of fused-ring (bicyclic) bond motifs is 3. The lowest BCUT2D eigenvalue weighted by Gasteiger charge is -2.27. The van der Waals surface area contributed by atoms with E-state index in [9.17, 15) is 4.79 Å². The lowest BCUT2D eigenvalue weighted by Crippen LogP contribution is -2.30. The number of pyridine rings is 1. The average molecular weight is 297 g/mol. The van der Waals surface area contributed by atoms with Crippen LogP contribution in [-0.4, -0.2) is 30.1 Å². The van der Waals surface area contributed by atoms with Gasteiger partial charge in [-0.1, -0.05) is 0 Å². The molecule has 1 aromatic carbocycles. The van der Waals surface area contributed by atoms with Gasteiger partial charge < -0.3 is 9.47 Å². The fraction of sp³-hybridized carbons (Fsp3) is 0.444. The summed E-state index contributed by atoms with van der Waals surface area (Å²) in [6.07, 6.45) is 4.53. The van der Waals surface area contributed by atoms with Crippen molar-refractivity contribution in [2.45, 2.75) is 37.9 Å². The molecule has 4 nitrogen and oxygen atoms in total. The topological polar surface area (TPSA) is 48.4 Å². The largest absolute Gasteiger partial charge is 0.481 e. The smallest absolute Gasteiger partial charge is 0.213 e. The number of carbonyl (C=O) groups is 1. The Hall–Kier alpha value is -1.94. The van der Waals surface area contributed by atoms with Gasteiger partial charge in [-0.15, -0.1) is 0 Å². The van der Waals surface area contributed by atoms with Crippen LogP contribution in [0.15, 0.2) is 30.3 Å². The molecule has 0 aliphatic carbocycles. The minimum absolute atomic E-state index is 0.106. The van der Waals surface area contributed by atoms with Crippen LogP contribution < -0.4 is 4.74 Å². The first-order chi connectivity index (χ1) is 10.7. The monoisotopic (exact) mass is 297 g/mol. The number of ketones is 1. The molecule has 2 aliphatic rings. The summed E-state index contributed by atoms with van der Waals surface area (Å²) in [4.78, 5) is 17.2. The Morgan fingerprint density at radius 2 is 1.95 bits per heavy atom. The molecule has 0 amide bonds. The molecule has 2 atom stereocenters. The van der Waals surface area contributed by atoms with Crippen molar-refractivity contribution in [2.75, 3.05) is 7.11 Å². The molecule has 3 heterocycles. The van der Waals surface area contributed by atoms with Gasteiger partial charge in [-0.05, 0) is 49.9 Å². The zero-order chi connectivity index (χ0) is 15.1. The molecule has 114 valence electrons. The maximum atomic E-state index is 12.8. The molecule has 1 aromatic heterocycles. The van der Waals surface area contributed by atoms with Crippen LogP contribution in [0.25, 0.3) is 10.9 Å². The van der Waals surface area contributed by atoms with Gasteiger partial charge in [-0.2, -0.15) is 0 Å². The Balaban J connectivity index is 1.61. The number of ether oxygens (including phenoxy) is 2. The second kappa shape index (κ2) is 5.36. The summed E-state index contributed by atoms with van der Waals surface area (Å²) in [6, 6.07) is 9.51. The van der Waals surface area contributed by atoms with Crippen LogP contribution in [0.1, 0.15) is 36.0 Å². The Bertz CT molecular complexity index is 715. The van der Waals surface area contributed by atoms with E-state index in [1.807, 2.05) is 30.3 Å². The standard InChI is InChI=1S/C18H19NO3/c1-21-17-7-3-11-8-12(2-6-16(11)19-17)18(20)13-9-14-4-5-15(10-13)22-14/h2-3,6-8,13-15H,4-5,9-10H2,1H3. The molecule has 4 heteroatoms. The van der Waals surface area contributed by atoms with Crippen LogP contribution in [0, 0.1) is 5.92 Å². The summed E-state index contributed by atoms with van der Waals surface area (Å²) in [6.45, 7) is 0. The van der Waals surface area contributed by atoms with Gasteiger partial charge in [0.1, 0.15) is 0 Å². The molecule has 2 bridgehead atoms. The summed E-state index contributed by atoms with van der Waals surface area (Å²) < 4.78 is 11.0. The van der Waals surface area contributed by atoms with Gasteiger partial charge in [0.15, 0.2) is 5.78 Å². The normalized spacial score (nSPS) is 27.0. The summed E-state index contributed by atoms with van der Waals surface area (Å²) in [5.74, 6) is 0.945. The van der Waals surface area contributed by atoms with Crippen molar-refractivity contribution in [2.24, 2.45) is 5.92 Å². The van der Waals surface area contributed by atoms with Crippen molar-refractivity contribution in [3.8, 4) is 5.88 Å². The van der Waals surface area contributed by atoms with Gasteiger partial charge >= 0.3 is 0 Å². The molecule has 2 aliphatic heterocycles. The Labute approximate surface area is 129 Å². The number of hydrogen-bond donors (Lipinski definition) is 0. The highest BCUT2D eigenvalue weighted by atomic mass is 16.5. The van der Waals surface area contributed by atoms with E-state index in [0.717, 1.165) is 42.1 Å². The van der Waals surface area contributed by atoms with E-state index in [1.165, 1.54) is 0 Å². The fourth-order valence-corrected chi connectivity index (χ4v) is 3.68. The van der Waals surface area contributed by atoms with Gasteiger partial charge in [0.05, 0.1) is 24.8 Å². The van der Waals surface area contributed by atoms with Crippen molar-refractivity contribution in [3.05, 3.63) is 35.9 Å². The Kier molecular flexibility index (Phi) is 3.34. The van der Waals surface area contributed by atoms with Crippen LogP contribution >= 0.6 is 0 Å². The first-order valence-electron chi connectivity index (χ1n) is 7.87. The quantitative estimate of drug-likeness (QED) is 0.815. The molecule has 0 N–H and O–H groups in total. The third-order valence-corrected chi connectivity index (χ3v) is 4.82. The van der Waals surface area contributed by atoms with E-state index in [1.54, 1.807) is 7.11 Å². The average Bonchev–Trinajstić information content (AvgIpc) is 2.91. The number of nitrogens with zero attached hydrogens (tertiary/aromatic N) is 1. The molecule has 22 heavy (non-hydrogen) atoms. The highest BCUT2D eigenvalue weighted by Crippen LogP contribution is 2.37. The van der Waals surface area contributed by atoms with Gasteiger partial charge in [0.2, 0.25) is 5.88 Å². The third kappa shape index (κ3) is 2.37. The van der Waals surface area contributed by atoms with E-state index >= 15 is 0 Å². The lowest BCUT2D eigenvalue weighted by molar-refractivity contribution is -0.0149. The summed E-state index contributed by atoms with van der Waals surface area (Å²) in [5, 5.41) is 0.974. The minimum atomic E-state index is 0.106. The van der Waals surface area contributed by atoms with Crippen LogP contribution in [0.3, 0.4) is 0 Å². The fourth-order valence-electron chi connectivity index (χ4n) is 3.68. The highest BCUT2D eigenvalue weighted by molar-refractivity contribution is 6.01. The number of Topliss-reactive ketones (excluding diaryl/α,β-unsaturated/α-hetero) is 1. The number of benzene rings is 1. The maximum absolute atomic E-state index is 12.8. The molecule has 0 saturated carbocycles. The van der Waals surface area contributed by atoms with Crippen molar-refractivity contribution in [1.29, 1.82) is 0 Å². The summed E-state index contributed by atoms with van der Waals surface area (Å²) in [7, 11) is 1.60. The highest BCUT2D eigenvalue weighted by Gasteiger charge is 2.38. The predicted octanol–water partition coefficient (Wildman–Crippen LogP) is 3.38. The van der Waals surface area contributed by atoms with Gasteiger partial charge in [0.25, 0.3) is 0 Å². The molecular weight excluding hydrogens is 278 g/mol. The van der Waals surface area contributed by atoms with Crippen molar-refractivity contribution in [3.63, 3.8) is 0 Å². The Morgan fingerprint density at radius 3 is 2.68 bits per heavy atom. The van der Waals surface area contributed by atoms with Crippen LogP contribution in [-0.2, 0) is 4.74 Å². The zero-order valence-corrected chi connectivity index (χ0v) is 12.6. The SMILES string of the molecule is COc1ccc2cc(C(=O)C3CC4CCC(C3)O4)ccc2n1. The number of methoxy groups -OCH3 is 1. The van der Waals surface area contributed by atoms with E-state index in [0.29, 0.717) is 18.1 Å². The minimum Gasteiger partial charge on any atom is -0.481 e. The number of aromatic nitrogens is 1. The number of hydrogen-bond acceptors (Lipinski definition) is 4. The second-order valence-corrected chi connectivity index (χ2v) is 6.25. The number of rotatable bonds is 3. The molecule has 2 aromatic rings.